The average molecular weight is 407 g/mol. The summed E-state index contributed by atoms with van der Waals surface area (Å²) in [6.45, 7) is 3.77. The van der Waals surface area contributed by atoms with Gasteiger partial charge in [-0.05, 0) is 29.8 Å². The smallest absolute Gasteiger partial charge is 0.141 e. The number of piperazine rings is 1. The van der Waals surface area contributed by atoms with E-state index in [2.05, 4.69) is 61.5 Å². The normalized spacial score (nSPS) is 14.6. The molecule has 0 saturated carbocycles. The molecule has 0 aliphatic carbocycles. The van der Waals surface area contributed by atoms with E-state index in [0.717, 1.165) is 41.8 Å². The predicted molar refractivity (Wildman–Crippen MR) is 119 cm³/mol. The molecule has 1 aliphatic heterocycles. The van der Waals surface area contributed by atoms with Crippen molar-refractivity contribution in [1.82, 2.24) is 9.97 Å². The molecule has 0 spiro atoms. The summed E-state index contributed by atoms with van der Waals surface area (Å²) in [5.41, 5.74) is 3.65. The highest BCUT2D eigenvalue weighted by Crippen LogP contribution is 2.38. The summed E-state index contributed by atoms with van der Waals surface area (Å²) in [6.07, 6.45) is 1.69. The lowest BCUT2D eigenvalue weighted by molar-refractivity contribution is 0.649. The Morgan fingerprint density at radius 2 is 1.54 bits per heavy atom. The van der Waals surface area contributed by atoms with E-state index in [0.29, 0.717) is 0 Å². The molecular formula is C22H19ClN4S. The zero-order chi connectivity index (χ0) is 18.9. The molecule has 1 saturated heterocycles. The van der Waals surface area contributed by atoms with Crippen LogP contribution >= 0.6 is 22.9 Å². The van der Waals surface area contributed by atoms with Crippen molar-refractivity contribution in [2.75, 3.05) is 36.0 Å². The van der Waals surface area contributed by atoms with E-state index in [9.17, 15) is 0 Å². The maximum atomic E-state index is 6.02. The minimum atomic E-state index is 0.775. The molecule has 28 heavy (non-hydrogen) atoms. The molecule has 2 aromatic carbocycles. The fourth-order valence-corrected chi connectivity index (χ4v) is 4.79. The molecule has 2 aromatic heterocycles. The predicted octanol–water partition coefficient (Wildman–Crippen LogP) is 5.34. The van der Waals surface area contributed by atoms with Gasteiger partial charge < -0.3 is 9.80 Å². The van der Waals surface area contributed by atoms with Gasteiger partial charge in [-0.1, -0.05) is 41.9 Å². The summed E-state index contributed by atoms with van der Waals surface area (Å²) < 4.78 is 0. The van der Waals surface area contributed by atoms with Crippen LogP contribution in [-0.4, -0.2) is 36.1 Å². The van der Waals surface area contributed by atoms with Crippen molar-refractivity contribution < 1.29 is 0 Å². The maximum absolute atomic E-state index is 6.02. The van der Waals surface area contributed by atoms with Gasteiger partial charge in [-0.3, -0.25) is 0 Å². The first-order valence-corrected chi connectivity index (χ1v) is 10.6. The Morgan fingerprint density at radius 1 is 0.821 bits per heavy atom. The number of fused-ring (bicyclic) bond motifs is 1. The number of benzene rings is 2. The Balaban J connectivity index is 1.44. The van der Waals surface area contributed by atoms with Crippen molar-refractivity contribution in [3.8, 4) is 11.1 Å². The Labute approximate surface area is 173 Å². The highest BCUT2D eigenvalue weighted by atomic mass is 35.5. The van der Waals surface area contributed by atoms with Crippen LogP contribution in [0.5, 0.6) is 0 Å². The van der Waals surface area contributed by atoms with Gasteiger partial charge in [-0.15, -0.1) is 11.3 Å². The average Bonchev–Trinajstić information content (AvgIpc) is 3.19. The largest absolute Gasteiger partial charge is 0.368 e. The summed E-state index contributed by atoms with van der Waals surface area (Å²) in [7, 11) is 0. The van der Waals surface area contributed by atoms with Crippen LogP contribution in [0.15, 0.2) is 66.3 Å². The van der Waals surface area contributed by atoms with E-state index in [1.165, 1.54) is 22.2 Å². The first-order chi connectivity index (χ1) is 13.8. The number of nitrogens with zero attached hydrogens (tertiary/aromatic N) is 4. The third-order valence-corrected chi connectivity index (χ3v) is 6.34. The molecule has 0 amide bonds. The van der Waals surface area contributed by atoms with Gasteiger partial charge >= 0.3 is 0 Å². The molecular weight excluding hydrogens is 388 g/mol. The zero-order valence-corrected chi connectivity index (χ0v) is 16.8. The van der Waals surface area contributed by atoms with Gasteiger partial charge in [0.2, 0.25) is 0 Å². The highest BCUT2D eigenvalue weighted by molar-refractivity contribution is 7.17. The van der Waals surface area contributed by atoms with E-state index >= 15 is 0 Å². The fourth-order valence-electron chi connectivity index (χ4n) is 3.76. The molecule has 1 aliphatic rings. The Kier molecular flexibility index (Phi) is 4.63. The summed E-state index contributed by atoms with van der Waals surface area (Å²) in [5.74, 6) is 1.04. The number of anilines is 2. The van der Waals surface area contributed by atoms with Crippen molar-refractivity contribution in [2.24, 2.45) is 0 Å². The third-order valence-electron chi connectivity index (χ3n) is 5.21. The zero-order valence-electron chi connectivity index (χ0n) is 15.3. The van der Waals surface area contributed by atoms with Gasteiger partial charge in [0.25, 0.3) is 0 Å². The Hall–Kier alpha value is -2.63. The molecule has 0 radical (unpaired) electrons. The summed E-state index contributed by atoms with van der Waals surface area (Å²) in [6, 6.07) is 18.6. The minimum Gasteiger partial charge on any atom is -0.368 e. The molecule has 0 N–H and O–H groups in total. The highest BCUT2D eigenvalue weighted by Gasteiger charge is 2.22. The van der Waals surface area contributed by atoms with Crippen LogP contribution in [0.3, 0.4) is 0 Å². The second kappa shape index (κ2) is 7.41. The first kappa shape index (κ1) is 17.5. The van der Waals surface area contributed by atoms with Gasteiger partial charge in [0, 0.05) is 47.8 Å². The standard InChI is InChI=1S/C22H19ClN4S/c23-17-6-8-18(9-7-17)26-10-12-27(13-11-26)21-20-19(16-4-2-1-3-5-16)14-28-22(20)25-15-24-21/h1-9,14-15H,10-13H2. The van der Waals surface area contributed by atoms with Crippen molar-refractivity contribution in [3.63, 3.8) is 0 Å². The molecule has 0 unspecified atom stereocenters. The van der Waals surface area contributed by atoms with Gasteiger partial charge in [-0.25, -0.2) is 9.97 Å². The number of aromatic nitrogens is 2. The van der Waals surface area contributed by atoms with E-state index in [1.807, 2.05) is 18.2 Å². The van der Waals surface area contributed by atoms with Crippen LogP contribution in [0.4, 0.5) is 11.5 Å². The Bertz CT molecular complexity index is 1090. The van der Waals surface area contributed by atoms with Gasteiger partial charge in [0.15, 0.2) is 0 Å². The lowest BCUT2D eigenvalue weighted by Crippen LogP contribution is -2.46. The van der Waals surface area contributed by atoms with Crippen LogP contribution < -0.4 is 9.80 Å². The molecule has 4 aromatic rings. The van der Waals surface area contributed by atoms with E-state index in [-0.39, 0.29) is 0 Å². The molecule has 1 fully saturated rings. The van der Waals surface area contributed by atoms with Gasteiger partial charge in [0.1, 0.15) is 17.0 Å². The van der Waals surface area contributed by atoms with Crippen LogP contribution in [-0.2, 0) is 0 Å². The number of halogens is 1. The lowest BCUT2D eigenvalue weighted by Gasteiger charge is -2.37. The molecule has 140 valence electrons. The van der Waals surface area contributed by atoms with Crippen LogP contribution in [0.2, 0.25) is 5.02 Å². The van der Waals surface area contributed by atoms with Gasteiger partial charge in [0.05, 0.1) is 5.39 Å². The van der Waals surface area contributed by atoms with Crippen LogP contribution in [0.1, 0.15) is 0 Å². The van der Waals surface area contributed by atoms with E-state index in [1.54, 1.807) is 17.7 Å². The van der Waals surface area contributed by atoms with Gasteiger partial charge in [-0.2, -0.15) is 0 Å². The van der Waals surface area contributed by atoms with E-state index < -0.39 is 0 Å². The van der Waals surface area contributed by atoms with Crippen molar-refractivity contribution >= 4 is 44.7 Å². The fraction of sp³-hybridized carbons (Fsp3) is 0.182. The van der Waals surface area contributed by atoms with Crippen molar-refractivity contribution in [3.05, 3.63) is 71.3 Å². The van der Waals surface area contributed by atoms with Crippen LogP contribution in [0.25, 0.3) is 21.3 Å². The summed E-state index contributed by atoms with van der Waals surface area (Å²) in [5, 5.41) is 4.14. The number of thiophene rings is 1. The van der Waals surface area contributed by atoms with Crippen molar-refractivity contribution in [1.29, 1.82) is 0 Å². The maximum Gasteiger partial charge on any atom is 0.141 e. The Morgan fingerprint density at radius 3 is 2.29 bits per heavy atom. The molecule has 0 atom stereocenters. The molecule has 5 rings (SSSR count). The minimum absolute atomic E-state index is 0.775. The van der Waals surface area contributed by atoms with Crippen LogP contribution in [0, 0.1) is 0 Å². The molecule has 0 bridgehead atoms. The monoisotopic (exact) mass is 406 g/mol. The molecule has 6 heteroatoms. The number of rotatable bonds is 3. The number of hydrogen-bond acceptors (Lipinski definition) is 5. The number of hydrogen-bond donors (Lipinski definition) is 0. The second-order valence-electron chi connectivity index (χ2n) is 6.84. The molecule has 4 nitrogen and oxygen atoms in total. The third kappa shape index (κ3) is 3.21. The lowest BCUT2D eigenvalue weighted by atomic mass is 10.1. The second-order valence-corrected chi connectivity index (χ2v) is 8.14. The first-order valence-electron chi connectivity index (χ1n) is 9.33. The van der Waals surface area contributed by atoms with Crippen molar-refractivity contribution in [2.45, 2.75) is 0 Å². The summed E-state index contributed by atoms with van der Waals surface area (Å²) in [4.78, 5) is 15.0. The summed E-state index contributed by atoms with van der Waals surface area (Å²) >= 11 is 7.71. The quantitative estimate of drug-likeness (QED) is 0.459. The molecule has 3 heterocycles. The SMILES string of the molecule is Clc1ccc(N2CCN(c3ncnc4scc(-c5ccccc5)c34)CC2)cc1. The van der Waals surface area contributed by atoms with E-state index in [4.69, 9.17) is 11.6 Å². The topological polar surface area (TPSA) is 32.3 Å².